The van der Waals surface area contributed by atoms with E-state index in [9.17, 15) is 9.90 Å². The lowest BCUT2D eigenvalue weighted by Gasteiger charge is -2.40. The van der Waals surface area contributed by atoms with Crippen molar-refractivity contribution < 1.29 is 14.6 Å². The van der Waals surface area contributed by atoms with Gasteiger partial charge in [0.2, 0.25) is 0 Å². The van der Waals surface area contributed by atoms with Crippen molar-refractivity contribution in [3.05, 3.63) is 0 Å². The molecule has 1 aliphatic carbocycles. The summed E-state index contributed by atoms with van der Waals surface area (Å²) in [6.45, 7) is 1.85. The standard InChI is InChI=1S/C7H12O3/c1-5-3-4-7(5,9)6(8)10-2/h5,9H,3-4H2,1-2H3. The summed E-state index contributed by atoms with van der Waals surface area (Å²) in [6, 6.07) is 0. The van der Waals surface area contributed by atoms with Crippen LogP contribution in [0.15, 0.2) is 0 Å². The molecule has 3 heteroatoms. The van der Waals surface area contributed by atoms with Crippen LogP contribution in [0.1, 0.15) is 19.8 Å². The SMILES string of the molecule is COC(=O)C1(O)CCC1C. The Hall–Kier alpha value is -0.570. The van der Waals surface area contributed by atoms with E-state index >= 15 is 0 Å². The van der Waals surface area contributed by atoms with Crippen molar-refractivity contribution >= 4 is 5.97 Å². The van der Waals surface area contributed by atoms with Crippen LogP contribution in [0.5, 0.6) is 0 Å². The van der Waals surface area contributed by atoms with Crippen LogP contribution in [-0.4, -0.2) is 23.8 Å². The molecule has 0 aromatic carbocycles. The fraction of sp³-hybridized carbons (Fsp3) is 0.857. The number of hydrogen-bond acceptors (Lipinski definition) is 3. The van der Waals surface area contributed by atoms with Gasteiger partial charge in [0.05, 0.1) is 7.11 Å². The van der Waals surface area contributed by atoms with Crippen molar-refractivity contribution in [3.63, 3.8) is 0 Å². The zero-order valence-electron chi connectivity index (χ0n) is 6.26. The van der Waals surface area contributed by atoms with Gasteiger partial charge < -0.3 is 9.84 Å². The highest BCUT2D eigenvalue weighted by atomic mass is 16.5. The third-order valence-electron chi connectivity index (χ3n) is 2.31. The molecule has 2 unspecified atom stereocenters. The molecule has 1 rings (SSSR count). The molecule has 58 valence electrons. The minimum atomic E-state index is -1.17. The Morgan fingerprint density at radius 2 is 2.40 bits per heavy atom. The number of rotatable bonds is 1. The van der Waals surface area contributed by atoms with Gasteiger partial charge in [0.15, 0.2) is 5.60 Å². The number of carbonyl (C=O) groups is 1. The molecular weight excluding hydrogens is 132 g/mol. The Bertz CT molecular complexity index is 155. The fourth-order valence-corrected chi connectivity index (χ4v) is 1.19. The molecule has 0 amide bonds. The second-order valence-corrected chi connectivity index (χ2v) is 2.86. The molecular formula is C7H12O3. The van der Waals surface area contributed by atoms with Gasteiger partial charge in [0.25, 0.3) is 0 Å². The molecule has 10 heavy (non-hydrogen) atoms. The van der Waals surface area contributed by atoms with Crippen molar-refractivity contribution in [2.45, 2.75) is 25.4 Å². The zero-order valence-corrected chi connectivity index (χ0v) is 6.26. The molecule has 3 nitrogen and oxygen atoms in total. The second kappa shape index (κ2) is 2.23. The van der Waals surface area contributed by atoms with E-state index in [2.05, 4.69) is 4.74 Å². The highest BCUT2D eigenvalue weighted by Gasteiger charge is 2.49. The fourth-order valence-electron chi connectivity index (χ4n) is 1.19. The monoisotopic (exact) mass is 144 g/mol. The minimum Gasteiger partial charge on any atom is -0.467 e. The highest BCUT2D eigenvalue weighted by Crippen LogP contribution is 2.38. The molecule has 0 heterocycles. The maximum Gasteiger partial charge on any atom is 0.338 e. The van der Waals surface area contributed by atoms with E-state index in [1.54, 1.807) is 0 Å². The van der Waals surface area contributed by atoms with Gasteiger partial charge >= 0.3 is 5.97 Å². The van der Waals surface area contributed by atoms with Crippen LogP contribution in [0.3, 0.4) is 0 Å². The number of aliphatic hydroxyl groups is 1. The number of esters is 1. The van der Waals surface area contributed by atoms with E-state index in [1.165, 1.54) is 7.11 Å². The highest BCUT2D eigenvalue weighted by molar-refractivity contribution is 5.80. The van der Waals surface area contributed by atoms with Crippen LogP contribution in [-0.2, 0) is 9.53 Å². The average molecular weight is 144 g/mol. The van der Waals surface area contributed by atoms with E-state index in [-0.39, 0.29) is 5.92 Å². The van der Waals surface area contributed by atoms with Gasteiger partial charge in [-0.3, -0.25) is 0 Å². The van der Waals surface area contributed by atoms with Gasteiger partial charge in [-0.15, -0.1) is 0 Å². The average Bonchev–Trinajstić information content (AvgIpc) is 1.98. The van der Waals surface area contributed by atoms with Crippen molar-refractivity contribution in [2.75, 3.05) is 7.11 Å². The number of ether oxygens (including phenoxy) is 1. The van der Waals surface area contributed by atoms with Crippen LogP contribution in [0.2, 0.25) is 0 Å². The molecule has 0 saturated heterocycles. The summed E-state index contributed by atoms with van der Waals surface area (Å²) in [6.07, 6.45) is 1.45. The van der Waals surface area contributed by atoms with Crippen molar-refractivity contribution in [2.24, 2.45) is 5.92 Å². The normalized spacial score (nSPS) is 38.5. The predicted octanol–water partition coefficient (Wildman–Crippen LogP) is 0.320. The van der Waals surface area contributed by atoms with Gasteiger partial charge in [-0.2, -0.15) is 0 Å². The van der Waals surface area contributed by atoms with Gasteiger partial charge in [-0.25, -0.2) is 4.79 Å². The second-order valence-electron chi connectivity index (χ2n) is 2.86. The van der Waals surface area contributed by atoms with Gasteiger partial charge in [-0.1, -0.05) is 6.92 Å². The molecule has 2 atom stereocenters. The zero-order chi connectivity index (χ0) is 7.78. The molecule has 1 saturated carbocycles. The lowest BCUT2D eigenvalue weighted by molar-refractivity contribution is -0.181. The Labute approximate surface area is 60.0 Å². The summed E-state index contributed by atoms with van der Waals surface area (Å²) in [5.74, 6) is -0.439. The third kappa shape index (κ3) is 0.814. The van der Waals surface area contributed by atoms with Crippen LogP contribution in [0.4, 0.5) is 0 Å². The van der Waals surface area contributed by atoms with Crippen LogP contribution in [0, 0.1) is 5.92 Å². The van der Waals surface area contributed by atoms with Gasteiger partial charge in [-0.05, 0) is 18.8 Å². The Kier molecular flexibility index (Phi) is 1.68. The Balaban J connectivity index is 2.60. The summed E-state index contributed by atoms with van der Waals surface area (Å²) >= 11 is 0. The summed E-state index contributed by atoms with van der Waals surface area (Å²) in [5.41, 5.74) is -1.17. The van der Waals surface area contributed by atoms with Crippen molar-refractivity contribution in [1.82, 2.24) is 0 Å². The molecule has 1 N–H and O–H groups in total. The first-order valence-corrected chi connectivity index (χ1v) is 3.42. The van der Waals surface area contributed by atoms with Crippen molar-refractivity contribution in [1.29, 1.82) is 0 Å². The third-order valence-corrected chi connectivity index (χ3v) is 2.31. The predicted molar refractivity (Wildman–Crippen MR) is 35.4 cm³/mol. The summed E-state index contributed by atoms with van der Waals surface area (Å²) in [4.78, 5) is 10.9. The maximum absolute atomic E-state index is 10.9. The maximum atomic E-state index is 10.9. The quantitative estimate of drug-likeness (QED) is 0.539. The molecule has 0 spiro atoms. The number of hydrogen-bond donors (Lipinski definition) is 1. The Morgan fingerprint density at radius 3 is 2.50 bits per heavy atom. The first-order valence-electron chi connectivity index (χ1n) is 3.42. The molecule has 0 bridgehead atoms. The number of methoxy groups -OCH3 is 1. The minimum absolute atomic E-state index is 0.0555. The van der Waals surface area contributed by atoms with Gasteiger partial charge in [0, 0.05) is 0 Å². The summed E-state index contributed by atoms with van der Waals surface area (Å²) in [7, 11) is 1.30. The van der Waals surface area contributed by atoms with Crippen molar-refractivity contribution in [3.8, 4) is 0 Å². The van der Waals surface area contributed by atoms with Crippen LogP contribution >= 0.6 is 0 Å². The van der Waals surface area contributed by atoms with E-state index in [0.29, 0.717) is 6.42 Å². The van der Waals surface area contributed by atoms with E-state index in [1.807, 2.05) is 6.92 Å². The Morgan fingerprint density at radius 1 is 1.80 bits per heavy atom. The van der Waals surface area contributed by atoms with E-state index < -0.39 is 11.6 Å². The van der Waals surface area contributed by atoms with E-state index in [0.717, 1.165) is 6.42 Å². The molecule has 0 aromatic rings. The summed E-state index contributed by atoms with van der Waals surface area (Å²) in [5, 5.41) is 9.47. The first kappa shape index (κ1) is 7.54. The lowest BCUT2D eigenvalue weighted by atomic mass is 9.70. The van der Waals surface area contributed by atoms with Gasteiger partial charge in [0.1, 0.15) is 0 Å². The molecule has 1 fully saturated rings. The summed E-state index contributed by atoms with van der Waals surface area (Å²) < 4.78 is 4.44. The van der Waals surface area contributed by atoms with Crippen LogP contribution in [0.25, 0.3) is 0 Å². The largest absolute Gasteiger partial charge is 0.467 e. The molecule has 1 aliphatic rings. The molecule has 0 aromatic heterocycles. The molecule has 0 aliphatic heterocycles. The number of carbonyl (C=O) groups excluding carboxylic acids is 1. The smallest absolute Gasteiger partial charge is 0.338 e. The topological polar surface area (TPSA) is 46.5 Å². The molecule has 0 radical (unpaired) electrons. The van der Waals surface area contributed by atoms with Crippen LogP contribution < -0.4 is 0 Å². The lowest BCUT2D eigenvalue weighted by Crippen LogP contribution is -2.52. The van der Waals surface area contributed by atoms with E-state index in [4.69, 9.17) is 0 Å². The first-order chi connectivity index (χ1) is 4.61.